The normalized spacial score (nSPS) is 28.3. The molecular weight excluding hydrogens is 366 g/mol. The van der Waals surface area contributed by atoms with Gasteiger partial charge in [0.1, 0.15) is 23.2 Å². The molecule has 0 radical (unpaired) electrons. The summed E-state index contributed by atoms with van der Waals surface area (Å²) in [5, 5.41) is 10.6. The van der Waals surface area contributed by atoms with Crippen LogP contribution in [0.15, 0.2) is 18.6 Å². The highest BCUT2D eigenvalue weighted by molar-refractivity contribution is 6.33. The van der Waals surface area contributed by atoms with Crippen LogP contribution >= 0.6 is 11.6 Å². The Balaban J connectivity index is 2.10. The van der Waals surface area contributed by atoms with Crippen LogP contribution in [0.2, 0.25) is 5.15 Å². The van der Waals surface area contributed by atoms with Gasteiger partial charge in [0.2, 0.25) is 0 Å². The Morgan fingerprint density at radius 2 is 2.12 bits per heavy atom. The van der Waals surface area contributed by atoms with E-state index in [1.807, 2.05) is 0 Å². The molecule has 0 aromatic carbocycles. The summed E-state index contributed by atoms with van der Waals surface area (Å²) in [6, 6.07) is 1.70. The van der Waals surface area contributed by atoms with Crippen LogP contribution in [0.4, 0.5) is 0 Å². The summed E-state index contributed by atoms with van der Waals surface area (Å²) >= 11 is 6.08. The zero-order chi connectivity index (χ0) is 19.1. The van der Waals surface area contributed by atoms with Crippen molar-refractivity contribution in [1.82, 2.24) is 14.5 Å². The standard InChI is InChI=1S/C16H18ClN3O6/c1-8(22)24-12-15(25-11(6-21)16(12,3)26-9(2)23)20-5-4-10-13(17)18-7-19-14(10)20/h4-5,7,11-12,15,21H,6H2,1-3H3/t11-,12+,15-,16-/m1/s1. The number of aliphatic hydroxyl groups excluding tert-OH is 1. The molecule has 3 heterocycles. The fourth-order valence-corrected chi connectivity index (χ4v) is 3.40. The van der Waals surface area contributed by atoms with Gasteiger partial charge in [-0.1, -0.05) is 11.6 Å². The summed E-state index contributed by atoms with van der Waals surface area (Å²) in [5.74, 6) is -1.17. The molecule has 1 aliphatic rings. The van der Waals surface area contributed by atoms with Gasteiger partial charge in [-0.3, -0.25) is 9.59 Å². The molecule has 10 heteroatoms. The Morgan fingerprint density at radius 3 is 2.73 bits per heavy atom. The van der Waals surface area contributed by atoms with E-state index < -0.39 is 42.6 Å². The van der Waals surface area contributed by atoms with Gasteiger partial charge in [-0.2, -0.15) is 0 Å². The predicted octanol–water partition coefficient (Wildman–Crippen LogP) is 1.23. The van der Waals surface area contributed by atoms with E-state index in [1.54, 1.807) is 23.8 Å². The minimum atomic E-state index is -1.38. The van der Waals surface area contributed by atoms with Gasteiger partial charge < -0.3 is 23.9 Å². The molecule has 26 heavy (non-hydrogen) atoms. The highest BCUT2D eigenvalue weighted by Gasteiger charge is 2.59. The number of aromatic nitrogens is 3. The molecular formula is C16H18ClN3O6. The quantitative estimate of drug-likeness (QED) is 0.619. The first-order chi connectivity index (χ1) is 12.3. The number of fused-ring (bicyclic) bond motifs is 1. The van der Waals surface area contributed by atoms with Crippen molar-refractivity contribution < 1.29 is 28.9 Å². The van der Waals surface area contributed by atoms with Crippen molar-refractivity contribution in [2.45, 2.75) is 44.8 Å². The summed E-state index contributed by atoms with van der Waals surface area (Å²) in [7, 11) is 0. The van der Waals surface area contributed by atoms with Crippen molar-refractivity contribution in [3.05, 3.63) is 23.7 Å². The number of hydrogen-bond donors (Lipinski definition) is 1. The SMILES string of the molecule is CC(=O)O[C@H]1[C@H](n2ccc3c(Cl)ncnc32)O[C@H](CO)[C@@]1(C)OC(C)=O. The second-order valence-electron chi connectivity index (χ2n) is 6.13. The second kappa shape index (κ2) is 6.82. The minimum absolute atomic E-state index is 0.261. The number of nitrogens with zero attached hydrogens (tertiary/aromatic N) is 3. The molecule has 1 aliphatic heterocycles. The van der Waals surface area contributed by atoms with Gasteiger partial charge in [0, 0.05) is 20.0 Å². The number of hydrogen-bond acceptors (Lipinski definition) is 8. The van der Waals surface area contributed by atoms with Crippen LogP contribution in [0.5, 0.6) is 0 Å². The lowest BCUT2D eigenvalue weighted by atomic mass is 9.94. The van der Waals surface area contributed by atoms with Gasteiger partial charge in [0.25, 0.3) is 0 Å². The van der Waals surface area contributed by atoms with Gasteiger partial charge in [-0.05, 0) is 13.0 Å². The summed E-state index contributed by atoms with van der Waals surface area (Å²) < 4.78 is 18.3. The average Bonchev–Trinajstić information content (AvgIpc) is 3.08. The van der Waals surface area contributed by atoms with Crippen molar-refractivity contribution in [2.75, 3.05) is 6.61 Å². The van der Waals surface area contributed by atoms with E-state index in [9.17, 15) is 14.7 Å². The number of carbonyl (C=O) groups excluding carboxylic acids is 2. The topological polar surface area (TPSA) is 113 Å². The van der Waals surface area contributed by atoms with E-state index in [2.05, 4.69) is 9.97 Å². The van der Waals surface area contributed by atoms with E-state index in [-0.39, 0.29) is 5.15 Å². The third-order valence-corrected chi connectivity index (χ3v) is 4.63. The molecule has 0 amide bonds. The number of aliphatic hydroxyl groups is 1. The second-order valence-corrected chi connectivity index (χ2v) is 6.49. The summed E-state index contributed by atoms with van der Waals surface area (Å²) in [6.45, 7) is 3.59. The number of rotatable bonds is 4. The number of esters is 2. The van der Waals surface area contributed by atoms with Crippen molar-refractivity contribution in [3.63, 3.8) is 0 Å². The summed E-state index contributed by atoms with van der Waals surface area (Å²) in [6.07, 6.45) is 0.149. The third-order valence-electron chi connectivity index (χ3n) is 4.32. The first-order valence-corrected chi connectivity index (χ1v) is 8.26. The lowest BCUT2D eigenvalue weighted by Crippen LogP contribution is -2.51. The molecule has 0 saturated carbocycles. The molecule has 9 nitrogen and oxygen atoms in total. The molecule has 0 spiro atoms. The lowest BCUT2D eigenvalue weighted by molar-refractivity contribution is -0.182. The molecule has 1 saturated heterocycles. The van der Waals surface area contributed by atoms with Gasteiger partial charge in [0.05, 0.1) is 12.0 Å². The number of ether oxygens (including phenoxy) is 3. The van der Waals surface area contributed by atoms with Gasteiger partial charge in [-0.15, -0.1) is 0 Å². The summed E-state index contributed by atoms with van der Waals surface area (Å²) in [5.41, 5.74) is -0.930. The Bertz CT molecular complexity index is 856. The maximum absolute atomic E-state index is 11.7. The fourth-order valence-electron chi connectivity index (χ4n) is 3.21. The first kappa shape index (κ1) is 18.6. The van der Waals surface area contributed by atoms with Crippen LogP contribution in [0, 0.1) is 0 Å². The fraction of sp³-hybridized carbons (Fsp3) is 0.500. The number of halogens is 1. The van der Waals surface area contributed by atoms with Crippen molar-refractivity contribution in [2.24, 2.45) is 0 Å². The molecule has 1 fully saturated rings. The van der Waals surface area contributed by atoms with E-state index in [1.165, 1.54) is 20.2 Å². The van der Waals surface area contributed by atoms with Gasteiger partial charge in [-0.25, -0.2) is 9.97 Å². The van der Waals surface area contributed by atoms with Crippen LogP contribution in [-0.2, 0) is 23.8 Å². The zero-order valence-electron chi connectivity index (χ0n) is 14.4. The Kier molecular flexibility index (Phi) is 4.87. The molecule has 140 valence electrons. The maximum atomic E-state index is 11.7. The summed E-state index contributed by atoms with van der Waals surface area (Å²) in [4.78, 5) is 31.4. The van der Waals surface area contributed by atoms with E-state index in [0.29, 0.717) is 11.0 Å². The van der Waals surface area contributed by atoms with Gasteiger partial charge >= 0.3 is 11.9 Å². The van der Waals surface area contributed by atoms with Gasteiger partial charge in [0.15, 0.2) is 17.9 Å². The van der Waals surface area contributed by atoms with E-state index in [0.717, 1.165) is 0 Å². The predicted molar refractivity (Wildman–Crippen MR) is 89.3 cm³/mol. The van der Waals surface area contributed by atoms with Crippen molar-refractivity contribution in [1.29, 1.82) is 0 Å². The van der Waals surface area contributed by atoms with Crippen LogP contribution in [-0.4, -0.2) is 56.0 Å². The Morgan fingerprint density at radius 1 is 1.38 bits per heavy atom. The number of carbonyl (C=O) groups is 2. The molecule has 3 rings (SSSR count). The largest absolute Gasteiger partial charge is 0.453 e. The Labute approximate surface area is 153 Å². The minimum Gasteiger partial charge on any atom is -0.453 e. The molecule has 0 aliphatic carbocycles. The van der Waals surface area contributed by atoms with E-state index in [4.69, 9.17) is 25.8 Å². The third kappa shape index (κ3) is 3.02. The zero-order valence-corrected chi connectivity index (χ0v) is 15.1. The lowest BCUT2D eigenvalue weighted by Gasteiger charge is -2.33. The average molecular weight is 384 g/mol. The smallest absolute Gasteiger partial charge is 0.303 e. The van der Waals surface area contributed by atoms with E-state index >= 15 is 0 Å². The van der Waals surface area contributed by atoms with Crippen molar-refractivity contribution in [3.8, 4) is 0 Å². The van der Waals surface area contributed by atoms with Crippen LogP contribution < -0.4 is 0 Å². The molecule has 4 atom stereocenters. The first-order valence-electron chi connectivity index (χ1n) is 7.88. The maximum Gasteiger partial charge on any atom is 0.303 e. The van der Waals surface area contributed by atoms with Crippen LogP contribution in [0.1, 0.15) is 27.0 Å². The van der Waals surface area contributed by atoms with Crippen molar-refractivity contribution >= 4 is 34.6 Å². The molecule has 0 unspecified atom stereocenters. The highest BCUT2D eigenvalue weighted by Crippen LogP contribution is 2.43. The molecule has 2 aromatic heterocycles. The molecule has 2 aromatic rings. The monoisotopic (exact) mass is 383 g/mol. The van der Waals surface area contributed by atoms with Crippen LogP contribution in [0.25, 0.3) is 11.0 Å². The molecule has 1 N–H and O–H groups in total. The molecule has 0 bridgehead atoms. The highest BCUT2D eigenvalue weighted by atomic mass is 35.5. The Hall–Kier alpha value is -2.23. The van der Waals surface area contributed by atoms with Crippen LogP contribution in [0.3, 0.4) is 0 Å².